The molecule has 2 unspecified atom stereocenters. The molecule has 4 aromatic heterocycles. The molecule has 3 aliphatic heterocycles. The van der Waals surface area contributed by atoms with Crippen molar-refractivity contribution in [2.24, 2.45) is 0 Å². The largest absolute Gasteiger partial charge is 0.472 e. The van der Waals surface area contributed by atoms with E-state index >= 15 is 4.39 Å². The van der Waals surface area contributed by atoms with E-state index in [1.165, 1.54) is 15.5 Å². The number of hydrogen-bond donors (Lipinski definition) is 5. The SMILES string of the molecule is CC(C)(C)[Si](C)(C)O[C@@H]1[C@@H]2OP(=O)(O)OC[C@@H]3O[C@@H](n4cnc5c(=O)[nH]c(N)nc54)[C@H](OP(=O)(O)OC[C@H]2O[C@H]1n1cc(F)c2c(N)ncnc21)[C@@H]3O[Si](C)(C)C(C)(C)C. The Bertz CT molecular complexity index is 2440. The molecule has 0 saturated carbocycles. The van der Waals surface area contributed by atoms with Crippen LogP contribution in [0.1, 0.15) is 54.0 Å². The van der Waals surface area contributed by atoms with Crippen LogP contribution in [0.5, 0.6) is 0 Å². The van der Waals surface area contributed by atoms with Crippen molar-refractivity contribution in [3.05, 3.63) is 35.0 Å². The topological polar surface area (TPSA) is 295 Å². The number of halogens is 1. The second kappa shape index (κ2) is 15.4. The van der Waals surface area contributed by atoms with Crippen molar-refractivity contribution in [1.29, 1.82) is 0 Å². The van der Waals surface area contributed by atoms with Gasteiger partial charge >= 0.3 is 15.6 Å². The third-order valence-electron chi connectivity index (χ3n) is 11.9. The maximum atomic E-state index is 15.5. The van der Waals surface area contributed by atoms with Gasteiger partial charge in [-0.25, -0.2) is 28.5 Å². The predicted molar refractivity (Wildman–Crippen MR) is 218 cm³/mol. The van der Waals surface area contributed by atoms with Gasteiger partial charge in [0.2, 0.25) is 5.95 Å². The molecule has 0 aromatic carbocycles. The summed E-state index contributed by atoms with van der Waals surface area (Å²) in [7, 11) is -16.0. The average molecular weight is 920 g/mol. The van der Waals surface area contributed by atoms with E-state index in [1.807, 2.05) is 67.7 Å². The van der Waals surface area contributed by atoms with Gasteiger partial charge < -0.3 is 44.1 Å². The van der Waals surface area contributed by atoms with Crippen molar-refractivity contribution in [3.63, 3.8) is 0 Å². The molecular weight excluding hydrogens is 868 g/mol. The predicted octanol–water partition coefficient (Wildman–Crippen LogP) is 4.46. The van der Waals surface area contributed by atoms with Crippen LogP contribution in [0.25, 0.3) is 22.2 Å². The lowest BCUT2D eigenvalue weighted by molar-refractivity contribution is -0.0671. The van der Waals surface area contributed by atoms with Gasteiger partial charge in [0.1, 0.15) is 48.8 Å². The van der Waals surface area contributed by atoms with Crippen LogP contribution < -0.4 is 17.0 Å². The van der Waals surface area contributed by atoms with Gasteiger partial charge in [-0.2, -0.15) is 4.98 Å². The molecule has 3 fully saturated rings. The molecule has 2 bridgehead atoms. The molecule has 27 heteroatoms. The van der Waals surface area contributed by atoms with E-state index in [4.69, 9.17) is 47.9 Å². The molecule has 3 aliphatic rings. The van der Waals surface area contributed by atoms with E-state index in [-0.39, 0.29) is 34.0 Å². The van der Waals surface area contributed by atoms with Crippen LogP contribution in [-0.2, 0) is 45.6 Å². The molecule has 60 heavy (non-hydrogen) atoms. The van der Waals surface area contributed by atoms with Gasteiger partial charge in [-0.15, -0.1) is 0 Å². The highest BCUT2D eigenvalue weighted by Gasteiger charge is 2.58. The van der Waals surface area contributed by atoms with Gasteiger partial charge in [0.15, 0.2) is 51.7 Å². The second-order valence-electron chi connectivity index (χ2n) is 18.1. The molecule has 7 heterocycles. The first-order valence-electron chi connectivity index (χ1n) is 19.1. The number of nitrogens with one attached hydrogen (secondary N) is 1. The molecule has 0 spiro atoms. The highest BCUT2D eigenvalue weighted by Crippen LogP contribution is 2.56. The van der Waals surface area contributed by atoms with E-state index in [9.17, 15) is 23.7 Å². The first kappa shape index (κ1) is 45.0. The smallest absolute Gasteiger partial charge is 0.408 e. The van der Waals surface area contributed by atoms with Crippen LogP contribution in [0.2, 0.25) is 36.3 Å². The molecule has 3 saturated heterocycles. The molecule has 22 nitrogen and oxygen atoms in total. The number of imidazole rings is 1. The van der Waals surface area contributed by atoms with Crippen LogP contribution in [-0.4, -0.2) is 110 Å². The zero-order chi connectivity index (χ0) is 44.1. The number of phosphoric acid groups is 2. The van der Waals surface area contributed by atoms with Crippen molar-refractivity contribution < 1.29 is 59.7 Å². The summed E-state index contributed by atoms with van der Waals surface area (Å²) < 4.78 is 96.1. The minimum atomic E-state index is -5.20. The lowest BCUT2D eigenvalue weighted by Gasteiger charge is -2.41. The van der Waals surface area contributed by atoms with Gasteiger partial charge in [-0.1, -0.05) is 41.5 Å². The summed E-state index contributed by atoms with van der Waals surface area (Å²) in [6.07, 6.45) is -7.65. The summed E-state index contributed by atoms with van der Waals surface area (Å²) in [5, 5.41) is -0.953. The van der Waals surface area contributed by atoms with Crippen molar-refractivity contribution in [2.75, 3.05) is 24.7 Å². The van der Waals surface area contributed by atoms with Gasteiger partial charge in [-0.05, 0) is 36.3 Å². The van der Waals surface area contributed by atoms with E-state index in [2.05, 4.69) is 24.9 Å². The van der Waals surface area contributed by atoms with Crippen molar-refractivity contribution >= 4 is 66.2 Å². The second-order valence-corrected chi connectivity index (χ2v) is 30.4. The monoisotopic (exact) mass is 919 g/mol. The first-order valence-corrected chi connectivity index (χ1v) is 27.9. The third-order valence-corrected chi connectivity index (χ3v) is 22.9. The van der Waals surface area contributed by atoms with E-state index in [0.29, 0.717) is 0 Å². The molecule has 0 radical (unpaired) electrons. The Labute approximate surface area is 345 Å². The molecule has 332 valence electrons. The van der Waals surface area contributed by atoms with Crippen LogP contribution in [0.3, 0.4) is 0 Å². The normalized spacial score (nSPS) is 32.5. The summed E-state index contributed by atoms with van der Waals surface area (Å²) >= 11 is 0. The number of aromatic nitrogens is 7. The van der Waals surface area contributed by atoms with Gasteiger partial charge in [0, 0.05) is 6.20 Å². The summed E-state index contributed by atoms with van der Waals surface area (Å²) in [5.41, 5.74) is 11.1. The number of nitrogens with zero attached hydrogens (tertiary/aromatic N) is 6. The number of hydrogen-bond acceptors (Lipinski definition) is 17. The highest BCUT2D eigenvalue weighted by molar-refractivity contribution is 7.47. The van der Waals surface area contributed by atoms with Crippen LogP contribution in [0, 0.1) is 5.82 Å². The number of phosphoric ester groups is 2. The Morgan fingerprint density at radius 1 is 0.833 bits per heavy atom. The number of aromatic amines is 1. The number of fused-ring (bicyclic) bond motifs is 5. The zero-order valence-corrected chi connectivity index (χ0v) is 38.5. The molecule has 0 amide bonds. The summed E-state index contributed by atoms with van der Waals surface area (Å²) in [5.74, 6) is -1.18. The zero-order valence-electron chi connectivity index (χ0n) is 34.8. The van der Waals surface area contributed by atoms with Crippen molar-refractivity contribution in [1.82, 2.24) is 34.1 Å². The molecule has 7 N–H and O–H groups in total. The number of rotatable bonds is 6. The molecular formula is C33H52FN9O13P2Si2. The lowest BCUT2D eigenvalue weighted by atomic mass is 10.1. The van der Waals surface area contributed by atoms with E-state index < -0.39 is 116 Å². The minimum absolute atomic E-state index is 0.0148. The first-order chi connectivity index (χ1) is 27.6. The molecule has 4 aromatic rings. The Kier molecular flexibility index (Phi) is 11.5. The fourth-order valence-electron chi connectivity index (χ4n) is 6.76. The van der Waals surface area contributed by atoms with Crippen molar-refractivity contribution in [3.8, 4) is 0 Å². The fourth-order valence-corrected chi connectivity index (χ4v) is 11.3. The lowest BCUT2D eigenvalue weighted by Crippen LogP contribution is -2.50. The van der Waals surface area contributed by atoms with Crippen LogP contribution >= 0.6 is 15.6 Å². The van der Waals surface area contributed by atoms with Gasteiger partial charge in [-0.3, -0.25) is 32.4 Å². The van der Waals surface area contributed by atoms with Gasteiger partial charge in [0.05, 0.1) is 24.9 Å². The Morgan fingerprint density at radius 2 is 1.40 bits per heavy atom. The summed E-state index contributed by atoms with van der Waals surface area (Å²) in [6, 6.07) is 0. The molecule has 10 atom stereocenters. The van der Waals surface area contributed by atoms with Gasteiger partial charge in [0.25, 0.3) is 5.56 Å². The Hall–Kier alpha value is -3.01. The molecule has 7 rings (SSSR count). The summed E-state index contributed by atoms with van der Waals surface area (Å²) in [6.45, 7) is 18.0. The van der Waals surface area contributed by atoms with Crippen molar-refractivity contribution in [2.45, 2.75) is 127 Å². The number of nitrogens with two attached hydrogens (primary N) is 2. The quantitative estimate of drug-likeness (QED) is 0.132. The van der Waals surface area contributed by atoms with Crippen LogP contribution in [0.15, 0.2) is 23.6 Å². The summed E-state index contributed by atoms with van der Waals surface area (Å²) in [4.78, 5) is 54.6. The maximum Gasteiger partial charge on any atom is 0.472 e. The minimum Gasteiger partial charge on any atom is -0.408 e. The maximum absolute atomic E-state index is 15.5. The van der Waals surface area contributed by atoms with E-state index in [0.717, 1.165) is 12.5 Å². The van der Waals surface area contributed by atoms with E-state index in [1.54, 1.807) is 0 Å². The number of ether oxygens (including phenoxy) is 2. The number of H-pyrrole nitrogens is 1. The Balaban J connectivity index is 1.32. The number of anilines is 2. The van der Waals surface area contributed by atoms with Crippen LogP contribution in [0.4, 0.5) is 16.2 Å². The standard InChI is InChI=1S/C33H52FN9O13P2Si2/c1-32(2,3)59(7,8)55-22-18-13-50-57(45,46)53-21-17(12-49-58(47,48)54-23(22)29(52-18)43-15-39-20-27(43)40-31(36)41-28(20)44)51-30(24(21)56-60(9,10)33(4,5)6)42-11-16(34)19-25(35)37-14-38-26(19)42/h11,14-15,17-18,21-24,29-30H,12-13H2,1-10H3,(H,45,46)(H,47,48)(H2,35,37,38)(H3,36,40,41,44)/t17-,18+,21-,22-,23-,24-,29-,30-/m1/s1. The highest BCUT2D eigenvalue weighted by atomic mass is 31.2. The third kappa shape index (κ3) is 8.42. The number of nitrogen functional groups attached to an aromatic ring is 2. The Morgan fingerprint density at radius 3 is 2.02 bits per heavy atom. The average Bonchev–Trinajstić information content (AvgIpc) is 3.85. The molecule has 0 aliphatic carbocycles. The fraction of sp³-hybridized carbons (Fsp3) is 0.667.